The van der Waals surface area contributed by atoms with Gasteiger partial charge in [0.1, 0.15) is 0 Å². The third-order valence-corrected chi connectivity index (χ3v) is 5.29. The zero-order valence-corrected chi connectivity index (χ0v) is 14.5. The average Bonchev–Trinajstić information content (AvgIpc) is 2.47. The largest absolute Gasteiger partial charge is 0.310 e. The number of nitrogens with one attached hydrogen (secondary N) is 1. The second-order valence-corrected chi connectivity index (χ2v) is 7.30. The summed E-state index contributed by atoms with van der Waals surface area (Å²) in [5.74, 6) is 1.92. The summed E-state index contributed by atoms with van der Waals surface area (Å²) in [4.78, 5) is 0. The van der Waals surface area contributed by atoms with E-state index in [9.17, 15) is 0 Å². The molecule has 1 aromatic carbocycles. The second kappa shape index (κ2) is 8.19. The van der Waals surface area contributed by atoms with Gasteiger partial charge >= 0.3 is 0 Å². The van der Waals surface area contributed by atoms with Gasteiger partial charge in [-0.2, -0.15) is 0 Å². The first-order valence-corrected chi connectivity index (χ1v) is 8.97. The molecule has 1 saturated carbocycles. The first-order chi connectivity index (χ1) is 9.69. The van der Waals surface area contributed by atoms with E-state index in [4.69, 9.17) is 0 Å². The van der Waals surface area contributed by atoms with E-state index in [1.807, 2.05) is 0 Å². The highest BCUT2D eigenvalue weighted by molar-refractivity contribution is 9.10. The summed E-state index contributed by atoms with van der Waals surface area (Å²) < 4.78 is 1.16. The number of rotatable bonds is 6. The van der Waals surface area contributed by atoms with Crippen LogP contribution in [0.2, 0.25) is 0 Å². The van der Waals surface area contributed by atoms with Crippen molar-refractivity contribution in [3.8, 4) is 0 Å². The summed E-state index contributed by atoms with van der Waals surface area (Å²) in [6, 6.07) is 9.25. The van der Waals surface area contributed by atoms with Gasteiger partial charge in [0.25, 0.3) is 0 Å². The molecule has 0 saturated heterocycles. The molecule has 0 aromatic heterocycles. The van der Waals surface area contributed by atoms with Gasteiger partial charge in [0, 0.05) is 10.5 Å². The Labute approximate surface area is 132 Å². The van der Waals surface area contributed by atoms with Crippen molar-refractivity contribution in [2.75, 3.05) is 6.54 Å². The van der Waals surface area contributed by atoms with Gasteiger partial charge in [0.05, 0.1) is 0 Å². The fourth-order valence-electron chi connectivity index (χ4n) is 3.27. The topological polar surface area (TPSA) is 12.0 Å². The monoisotopic (exact) mass is 337 g/mol. The molecule has 1 aliphatic rings. The number of hydrogen-bond donors (Lipinski definition) is 1. The van der Waals surface area contributed by atoms with Crippen LogP contribution in [-0.4, -0.2) is 6.54 Å². The highest BCUT2D eigenvalue weighted by Crippen LogP contribution is 2.30. The van der Waals surface area contributed by atoms with E-state index in [2.05, 4.69) is 59.4 Å². The molecule has 1 aliphatic carbocycles. The van der Waals surface area contributed by atoms with Gasteiger partial charge in [-0.25, -0.2) is 0 Å². The van der Waals surface area contributed by atoms with Crippen molar-refractivity contribution in [3.63, 3.8) is 0 Å². The highest BCUT2D eigenvalue weighted by atomic mass is 79.9. The van der Waals surface area contributed by atoms with Crippen molar-refractivity contribution in [1.29, 1.82) is 0 Å². The van der Waals surface area contributed by atoms with Crippen molar-refractivity contribution in [1.82, 2.24) is 5.32 Å². The van der Waals surface area contributed by atoms with E-state index >= 15 is 0 Å². The standard InChI is InChI=1S/C18H28BrN/c1-3-18(16-8-10-17(19)11-9-16)20-13-12-15-6-4-14(2)5-7-15/h8-11,14-15,18,20H,3-7,12-13H2,1-2H3. The summed E-state index contributed by atoms with van der Waals surface area (Å²) in [5.41, 5.74) is 1.41. The maximum absolute atomic E-state index is 3.75. The molecule has 1 fully saturated rings. The molecule has 2 heteroatoms. The van der Waals surface area contributed by atoms with E-state index in [0.29, 0.717) is 6.04 Å². The molecule has 0 aliphatic heterocycles. The van der Waals surface area contributed by atoms with Crippen LogP contribution in [0, 0.1) is 11.8 Å². The van der Waals surface area contributed by atoms with Crippen LogP contribution in [0.25, 0.3) is 0 Å². The predicted octanol–water partition coefficient (Wildman–Crippen LogP) is 5.71. The molecule has 1 atom stereocenters. The van der Waals surface area contributed by atoms with Crippen LogP contribution in [0.1, 0.15) is 64.0 Å². The van der Waals surface area contributed by atoms with E-state index in [1.165, 1.54) is 37.7 Å². The van der Waals surface area contributed by atoms with Gasteiger partial charge in [-0.15, -0.1) is 0 Å². The summed E-state index contributed by atoms with van der Waals surface area (Å²) in [7, 11) is 0. The molecule has 20 heavy (non-hydrogen) atoms. The van der Waals surface area contributed by atoms with E-state index in [0.717, 1.165) is 29.3 Å². The first kappa shape index (κ1) is 16.0. The maximum atomic E-state index is 3.75. The third-order valence-electron chi connectivity index (χ3n) is 4.76. The van der Waals surface area contributed by atoms with Crippen LogP contribution in [-0.2, 0) is 0 Å². The summed E-state index contributed by atoms with van der Waals surface area (Å²) >= 11 is 3.51. The fraction of sp³-hybridized carbons (Fsp3) is 0.667. The zero-order chi connectivity index (χ0) is 14.4. The SMILES string of the molecule is CCC(NCCC1CCC(C)CC1)c1ccc(Br)cc1. The van der Waals surface area contributed by atoms with Crippen molar-refractivity contribution in [2.45, 2.75) is 58.4 Å². The van der Waals surface area contributed by atoms with Gasteiger partial charge in [-0.05, 0) is 48.9 Å². The molecule has 1 unspecified atom stereocenters. The lowest BCUT2D eigenvalue weighted by molar-refractivity contribution is 0.272. The Morgan fingerprint density at radius 3 is 2.40 bits per heavy atom. The van der Waals surface area contributed by atoms with Crippen LogP contribution < -0.4 is 5.32 Å². The molecular formula is C18H28BrN. The molecule has 1 N–H and O–H groups in total. The lowest BCUT2D eigenvalue weighted by Gasteiger charge is -2.27. The van der Waals surface area contributed by atoms with E-state index in [-0.39, 0.29) is 0 Å². The minimum atomic E-state index is 0.505. The normalized spacial score (nSPS) is 24.6. The highest BCUT2D eigenvalue weighted by Gasteiger charge is 2.18. The van der Waals surface area contributed by atoms with Crippen LogP contribution in [0.5, 0.6) is 0 Å². The quantitative estimate of drug-likeness (QED) is 0.701. The lowest BCUT2D eigenvalue weighted by atomic mass is 9.81. The molecule has 1 nitrogen and oxygen atoms in total. The molecule has 0 radical (unpaired) electrons. The molecule has 112 valence electrons. The lowest BCUT2D eigenvalue weighted by Crippen LogP contribution is -2.24. The minimum absolute atomic E-state index is 0.505. The zero-order valence-electron chi connectivity index (χ0n) is 12.9. The molecule has 0 spiro atoms. The van der Waals surface area contributed by atoms with Gasteiger partial charge in [0.2, 0.25) is 0 Å². The Hall–Kier alpha value is -0.340. The van der Waals surface area contributed by atoms with Crippen LogP contribution in [0.15, 0.2) is 28.7 Å². The minimum Gasteiger partial charge on any atom is -0.310 e. The molecule has 1 aromatic rings. The number of hydrogen-bond acceptors (Lipinski definition) is 1. The Morgan fingerprint density at radius 1 is 1.15 bits per heavy atom. The number of halogens is 1. The van der Waals surface area contributed by atoms with Crippen LogP contribution >= 0.6 is 15.9 Å². The molecule has 0 heterocycles. The van der Waals surface area contributed by atoms with Crippen molar-refractivity contribution in [3.05, 3.63) is 34.3 Å². The van der Waals surface area contributed by atoms with Crippen LogP contribution in [0.3, 0.4) is 0 Å². The van der Waals surface area contributed by atoms with Crippen molar-refractivity contribution < 1.29 is 0 Å². The summed E-state index contributed by atoms with van der Waals surface area (Å²) in [6.45, 7) is 5.82. The van der Waals surface area contributed by atoms with Crippen molar-refractivity contribution in [2.24, 2.45) is 11.8 Å². The van der Waals surface area contributed by atoms with Gasteiger partial charge in [-0.3, -0.25) is 0 Å². The predicted molar refractivity (Wildman–Crippen MR) is 90.9 cm³/mol. The summed E-state index contributed by atoms with van der Waals surface area (Å²) in [5, 5.41) is 3.75. The van der Waals surface area contributed by atoms with Crippen LogP contribution in [0.4, 0.5) is 0 Å². The van der Waals surface area contributed by atoms with Crippen molar-refractivity contribution >= 4 is 15.9 Å². The second-order valence-electron chi connectivity index (χ2n) is 6.38. The Morgan fingerprint density at radius 2 is 1.80 bits per heavy atom. The molecule has 2 rings (SSSR count). The molecule has 0 amide bonds. The van der Waals surface area contributed by atoms with Gasteiger partial charge in [0.15, 0.2) is 0 Å². The van der Waals surface area contributed by atoms with E-state index < -0.39 is 0 Å². The average molecular weight is 338 g/mol. The van der Waals surface area contributed by atoms with E-state index in [1.54, 1.807) is 0 Å². The third kappa shape index (κ3) is 4.89. The molecule has 0 bridgehead atoms. The Kier molecular flexibility index (Phi) is 6.57. The smallest absolute Gasteiger partial charge is 0.0317 e. The Bertz CT molecular complexity index is 379. The summed E-state index contributed by atoms with van der Waals surface area (Å²) in [6.07, 6.45) is 8.27. The fourth-order valence-corrected chi connectivity index (χ4v) is 3.54. The maximum Gasteiger partial charge on any atom is 0.0317 e. The van der Waals surface area contributed by atoms with Gasteiger partial charge in [-0.1, -0.05) is 67.6 Å². The first-order valence-electron chi connectivity index (χ1n) is 8.18. The number of benzene rings is 1. The Balaban J connectivity index is 1.75. The van der Waals surface area contributed by atoms with Gasteiger partial charge < -0.3 is 5.32 Å². The molecular weight excluding hydrogens is 310 g/mol.